The third kappa shape index (κ3) is 4.21. The Kier molecular flexibility index (Phi) is 5.97. The van der Waals surface area contributed by atoms with Crippen LogP contribution in [-0.2, 0) is 21.1 Å². The molecule has 0 unspecified atom stereocenters. The van der Waals surface area contributed by atoms with E-state index < -0.39 is 21.1 Å². The van der Waals surface area contributed by atoms with Crippen LogP contribution in [0.15, 0.2) is 110 Å². The molecular formula is C26H24O2Zr. The summed E-state index contributed by atoms with van der Waals surface area (Å²) in [6.07, 6.45) is 20.9. The van der Waals surface area contributed by atoms with Crippen LogP contribution in [0.2, 0.25) is 7.25 Å². The Hall–Kier alpha value is -2.64. The zero-order valence-corrected chi connectivity index (χ0v) is 18.7. The molecule has 0 fully saturated rings. The third-order valence-electron chi connectivity index (χ3n) is 5.17. The second-order valence-electron chi connectivity index (χ2n) is 7.07. The summed E-state index contributed by atoms with van der Waals surface area (Å²) in [4.78, 5) is 0. The normalized spacial score (nSPS) is 15.7. The molecule has 0 saturated carbocycles. The number of benzene rings is 2. The third-order valence-corrected chi connectivity index (χ3v) is 14.4. The molecule has 4 rings (SSSR count). The van der Waals surface area contributed by atoms with Crippen molar-refractivity contribution in [2.24, 2.45) is 0 Å². The van der Waals surface area contributed by atoms with Gasteiger partial charge in [-0.25, -0.2) is 0 Å². The second-order valence-corrected chi connectivity index (χ2v) is 14.9. The van der Waals surface area contributed by atoms with Crippen molar-refractivity contribution >= 4 is 12.2 Å². The monoisotopic (exact) mass is 458 g/mol. The van der Waals surface area contributed by atoms with E-state index in [4.69, 9.17) is 5.63 Å². The average Bonchev–Trinajstić information content (AvgIpc) is 3.48. The molecule has 2 nitrogen and oxygen atoms in total. The first-order valence-electron chi connectivity index (χ1n) is 9.76. The molecule has 2 aromatic rings. The summed E-state index contributed by atoms with van der Waals surface area (Å²) < 4.78 is 14.1. The SMILES string of the molecule is C=Cc1cccc([O][Zr]([O]c2cccc(C=C)c2)([CH]2C=CC=C2)[CH]2C=CC=C2)c1. The summed E-state index contributed by atoms with van der Waals surface area (Å²) in [7, 11) is 0. The van der Waals surface area contributed by atoms with E-state index in [1.807, 2.05) is 60.7 Å². The number of hydrogen-bond acceptors (Lipinski definition) is 2. The molecule has 0 heterocycles. The summed E-state index contributed by atoms with van der Waals surface area (Å²) in [5.74, 6) is 1.67. The number of hydrogen-bond donors (Lipinski definition) is 0. The summed E-state index contributed by atoms with van der Waals surface area (Å²) >= 11 is -3.89. The van der Waals surface area contributed by atoms with Crippen molar-refractivity contribution in [1.82, 2.24) is 0 Å². The van der Waals surface area contributed by atoms with Gasteiger partial charge in [-0.15, -0.1) is 0 Å². The van der Waals surface area contributed by atoms with Crippen molar-refractivity contribution in [1.29, 1.82) is 0 Å². The molecule has 2 aromatic carbocycles. The van der Waals surface area contributed by atoms with Gasteiger partial charge in [0.2, 0.25) is 0 Å². The second kappa shape index (κ2) is 8.80. The predicted molar refractivity (Wildman–Crippen MR) is 118 cm³/mol. The first-order valence-corrected chi connectivity index (χ1v) is 14.6. The van der Waals surface area contributed by atoms with E-state index in [9.17, 15) is 0 Å². The Balaban J connectivity index is 1.80. The zero-order valence-electron chi connectivity index (χ0n) is 16.3. The van der Waals surface area contributed by atoms with E-state index in [1.54, 1.807) is 0 Å². The Morgan fingerprint density at radius 3 is 1.45 bits per heavy atom. The van der Waals surface area contributed by atoms with E-state index in [1.165, 1.54) is 0 Å². The molecule has 0 atom stereocenters. The number of rotatable bonds is 8. The van der Waals surface area contributed by atoms with Crippen LogP contribution in [0.25, 0.3) is 12.2 Å². The fourth-order valence-corrected chi connectivity index (χ4v) is 12.4. The fraction of sp³-hybridized carbons (Fsp3) is 0.0769. The van der Waals surface area contributed by atoms with E-state index in [2.05, 4.69) is 61.8 Å². The van der Waals surface area contributed by atoms with Crippen LogP contribution >= 0.6 is 0 Å². The summed E-state index contributed by atoms with van der Waals surface area (Å²) in [6.45, 7) is 7.77. The van der Waals surface area contributed by atoms with E-state index in [0.29, 0.717) is 0 Å². The molecule has 0 bridgehead atoms. The van der Waals surface area contributed by atoms with Crippen molar-refractivity contribution in [3.8, 4) is 11.5 Å². The van der Waals surface area contributed by atoms with Crippen LogP contribution in [-0.4, -0.2) is 0 Å². The van der Waals surface area contributed by atoms with E-state index in [0.717, 1.165) is 22.6 Å². The minimum absolute atomic E-state index is 0.154. The van der Waals surface area contributed by atoms with Gasteiger partial charge in [-0.05, 0) is 0 Å². The standard InChI is InChI=1S/2C8H8O.2C5H5.Zr/c2*1-2-7-4-3-5-8(9)6-7;2*1-2-4-5-3-1;/h2*2-6,9H,1H2;2*1-5H;/q;;;;+2/p-2. The molecule has 0 saturated heterocycles. The maximum atomic E-state index is 6.90. The molecular weight excluding hydrogens is 436 g/mol. The predicted octanol–water partition coefficient (Wildman–Crippen LogP) is 7.24. The van der Waals surface area contributed by atoms with Crippen molar-refractivity contribution in [3.05, 3.63) is 121 Å². The molecule has 0 aromatic heterocycles. The van der Waals surface area contributed by atoms with Crippen molar-refractivity contribution in [3.63, 3.8) is 0 Å². The topological polar surface area (TPSA) is 18.5 Å². The molecule has 0 spiro atoms. The molecule has 0 aliphatic heterocycles. The van der Waals surface area contributed by atoms with Gasteiger partial charge in [-0.1, -0.05) is 0 Å². The van der Waals surface area contributed by atoms with Crippen LogP contribution in [0, 0.1) is 0 Å². The van der Waals surface area contributed by atoms with Gasteiger partial charge in [-0.2, -0.15) is 0 Å². The first-order chi connectivity index (χ1) is 14.2. The van der Waals surface area contributed by atoms with E-state index >= 15 is 0 Å². The van der Waals surface area contributed by atoms with Crippen LogP contribution in [0.3, 0.4) is 0 Å². The van der Waals surface area contributed by atoms with Crippen LogP contribution < -0.4 is 5.63 Å². The van der Waals surface area contributed by atoms with Gasteiger partial charge < -0.3 is 0 Å². The Bertz CT molecular complexity index is 921. The van der Waals surface area contributed by atoms with Gasteiger partial charge in [0.25, 0.3) is 0 Å². The summed E-state index contributed by atoms with van der Waals surface area (Å²) in [5, 5.41) is 0. The molecule has 144 valence electrons. The van der Waals surface area contributed by atoms with Gasteiger partial charge in [0, 0.05) is 0 Å². The number of allylic oxidation sites excluding steroid dienone is 8. The molecule has 0 amide bonds. The molecule has 29 heavy (non-hydrogen) atoms. The van der Waals surface area contributed by atoms with Gasteiger partial charge in [0.15, 0.2) is 0 Å². The van der Waals surface area contributed by atoms with Gasteiger partial charge in [0.1, 0.15) is 0 Å². The van der Waals surface area contributed by atoms with Crippen LogP contribution in [0.5, 0.6) is 11.5 Å². The van der Waals surface area contributed by atoms with Gasteiger partial charge >= 0.3 is 179 Å². The van der Waals surface area contributed by atoms with E-state index in [-0.39, 0.29) is 7.25 Å². The minimum atomic E-state index is -3.89. The zero-order chi connectivity index (χ0) is 20.1. The Morgan fingerprint density at radius 2 is 1.07 bits per heavy atom. The molecule has 0 radical (unpaired) electrons. The Labute approximate surface area is 178 Å². The van der Waals surface area contributed by atoms with Crippen molar-refractivity contribution in [2.75, 3.05) is 0 Å². The first kappa shape index (κ1) is 19.7. The summed E-state index contributed by atoms with van der Waals surface area (Å²) in [5.41, 5.74) is 2.07. The Morgan fingerprint density at radius 1 is 0.655 bits per heavy atom. The molecule has 2 aliphatic carbocycles. The van der Waals surface area contributed by atoms with Gasteiger partial charge in [-0.3, -0.25) is 0 Å². The quantitative estimate of drug-likeness (QED) is 0.414. The molecule has 0 N–H and O–H groups in total. The maximum absolute atomic E-state index is 6.90. The average molecular weight is 460 g/mol. The molecule has 3 heteroatoms. The van der Waals surface area contributed by atoms with Crippen molar-refractivity contribution < 1.29 is 26.8 Å². The fourth-order valence-electron chi connectivity index (χ4n) is 3.69. The van der Waals surface area contributed by atoms with Gasteiger partial charge in [0.05, 0.1) is 0 Å². The van der Waals surface area contributed by atoms with Crippen LogP contribution in [0.1, 0.15) is 11.1 Å². The summed E-state index contributed by atoms with van der Waals surface area (Å²) in [6, 6.07) is 16.1. The molecule has 2 aliphatic rings. The van der Waals surface area contributed by atoms with Crippen molar-refractivity contribution in [2.45, 2.75) is 7.25 Å². The van der Waals surface area contributed by atoms with Crippen LogP contribution in [0.4, 0.5) is 0 Å².